The maximum Gasteiger partial charge on any atom is 0.228 e. The van der Waals surface area contributed by atoms with Gasteiger partial charge in [0.15, 0.2) is 0 Å². The SMILES string of the molecule is O=C(C1CCOC1)N1CCc2cc(Cl)cc(C3COCCN3)c2C1. The average Bonchev–Trinajstić information content (AvgIpc) is 3.15. The number of morpholine rings is 1. The van der Waals surface area contributed by atoms with Gasteiger partial charge in [-0.3, -0.25) is 4.79 Å². The standard InChI is InChI=1S/C18H23ClN2O3/c19-14-7-12-1-4-21(18(22)13-2-5-23-10-13)9-16(12)15(8-14)17-11-24-6-3-20-17/h7-8,13,17,20H,1-6,9-11H2. The number of carbonyl (C=O) groups is 1. The van der Waals surface area contributed by atoms with Crippen LogP contribution >= 0.6 is 11.6 Å². The molecule has 2 unspecified atom stereocenters. The fourth-order valence-corrected chi connectivity index (χ4v) is 4.16. The zero-order chi connectivity index (χ0) is 16.5. The third-order valence-electron chi connectivity index (χ3n) is 5.23. The molecule has 6 heteroatoms. The average molecular weight is 351 g/mol. The highest BCUT2D eigenvalue weighted by molar-refractivity contribution is 6.30. The molecule has 2 saturated heterocycles. The molecule has 3 heterocycles. The molecule has 130 valence electrons. The predicted octanol–water partition coefficient (Wildman–Crippen LogP) is 1.92. The number of ether oxygens (including phenoxy) is 2. The van der Waals surface area contributed by atoms with Crippen LogP contribution in [0.2, 0.25) is 5.02 Å². The molecule has 2 atom stereocenters. The zero-order valence-corrected chi connectivity index (χ0v) is 14.5. The number of nitrogens with zero attached hydrogens (tertiary/aromatic N) is 1. The fourth-order valence-electron chi connectivity index (χ4n) is 3.91. The number of hydrogen-bond donors (Lipinski definition) is 1. The lowest BCUT2D eigenvalue weighted by atomic mass is 9.90. The van der Waals surface area contributed by atoms with Gasteiger partial charge in [0.2, 0.25) is 5.91 Å². The van der Waals surface area contributed by atoms with Gasteiger partial charge in [0.1, 0.15) is 0 Å². The van der Waals surface area contributed by atoms with Crippen molar-refractivity contribution in [2.75, 3.05) is 39.5 Å². The number of nitrogens with one attached hydrogen (secondary N) is 1. The second kappa shape index (κ2) is 7.00. The molecular weight excluding hydrogens is 328 g/mol. The van der Waals surface area contributed by atoms with E-state index >= 15 is 0 Å². The van der Waals surface area contributed by atoms with E-state index in [0.29, 0.717) is 26.4 Å². The molecule has 1 aromatic rings. The minimum Gasteiger partial charge on any atom is -0.381 e. The Kier molecular flexibility index (Phi) is 4.77. The minimum atomic E-state index is 0.0263. The van der Waals surface area contributed by atoms with Crippen molar-refractivity contribution in [2.45, 2.75) is 25.4 Å². The fraction of sp³-hybridized carbons (Fsp3) is 0.611. The summed E-state index contributed by atoms with van der Waals surface area (Å²) in [5.41, 5.74) is 3.68. The third-order valence-corrected chi connectivity index (χ3v) is 5.45. The highest BCUT2D eigenvalue weighted by Crippen LogP contribution is 2.32. The second-order valence-corrected chi connectivity index (χ2v) is 7.22. The van der Waals surface area contributed by atoms with Crippen molar-refractivity contribution in [3.8, 4) is 0 Å². The Balaban J connectivity index is 1.60. The van der Waals surface area contributed by atoms with Crippen molar-refractivity contribution in [1.29, 1.82) is 0 Å². The van der Waals surface area contributed by atoms with E-state index in [1.807, 2.05) is 17.0 Å². The summed E-state index contributed by atoms with van der Waals surface area (Å²) in [6, 6.07) is 4.22. The Morgan fingerprint density at radius 2 is 2.12 bits per heavy atom. The van der Waals surface area contributed by atoms with Crippen LogP contribution in [0.3, 0.4) is 0 Å². The minimum absolute atomic E-state index is 0.0263. The molecule has 1 amide bonds. The molecule has 0 aromatic heterocycles. The molecule has 5 nitrogen and oxygen atoms in total. The van der Waals surface area contributed by atoms with Crippen molar-refractivity contribution in [2.24, 2.45) is 5.92 Å². The van der Waals surface area contributed by atoms with E-state index in [-0.39, 0.29) is 17.9 Å². The molecule has 0 spiro atoms. The van der Waals surface area contributed by atoms with Crippen LogP contribution in [0.5, 0.6) is 0 Å². The summed E-state index contributed by atoms with van der Waals surface area (Å²) in [5, 5.41) is 4.27. The first-order valence-electron chi connectivity index (χ1n) is 8.71. The lowest BCUT2D eigenvalue weighted by Crippen LogP contribution is -2.41. The lowest BCUT2D eigenvalue weighted by molar-refractivity contribution is -0.136. The van der Waals surface area contributed by atoms with E-state index in [0.717, 1.165) is 37.6 Å². The van der Waals surface area contributed by atoms with E-state index in [1.165, 1.54) is 16.7 Å². The first-order valence-corrected chi connectivity index (χ1v) is 9.09. The van der Waals surface area contributed by atoms with Crippen LogP contribution in [0.1, 0.15) is 29.2 Å². The molecule has 24 heavy (non-hydrogen) atoms. The van der Waals surface area contributed by atoms with Gasteiger partial charge in [0, 0.05) is 31.3 Å². The number of amides is 1. The Morgan fingerprint density at radius 3 is 2.88 bits per heavy atom. The smallest absolute Gasteiger partial charge is 0.228 e. The van der Waals surface area contributed by atoms with Gasteiger partial charge in [-0.2, -0.15) is 0 Å². The molecule has 1 aromatic carbocycles. The van der Waals surface area contributed by atoms with Gasteiger partial charge in [-0.1, -0.05) is 11.6 Å². The maximum atomic E-state index is 12.7. The highest BCUT2D eigenvalue weighted by Gasteiger charge is 2.32. The second-order valence-electron chi connectivity index (χ2n) is 6.78. The molecule has 2 fully saturated rings. The van der Waals surface area contributed by atoms with Crippen molar-refractivity contribution < 1.29 is 14.3 Å². The molecular formula is C18H23ClN2O3. The van der Waals surface area contributed by atoms with Crippen LogP contribution in [-0.2, 0) is 27.2 Å². The number of hydrogen-bond acceptors (Lipinski definition) is 4. The molecule has 3 aliphatic rings. The van der Waals surface area contributed by atoms with Gasteiger partial charge in [-0.15, -0.1) is 0 Å². The van der Waals surface area contributed by atoms with Gasteiger partial charge in [-0.05, 0) is 41.7 Å². The number of rotatable bonds is 2. The number of benzene rings is 1. The Morgan fingerprint density at radius 1 is 1.25 bits per heavy atom. The normalized spacial score (nSPS) is 27.1. The summed E-state index contributed by atoms with van der Waals surface area (Å²) in [4.78, 5) is 14.7. The predicted molar refractivity (Wildman–Crippen MR) is 91.1 cm³/mol. The van der Waals surface area contributed by atoms with Crippen LogP contribution in [0.4, 0.5) is 0 Å². The molecule has 4 rings (SSSR count). The summed E-state index contributed by atoms with van der Waals surface area (Å²) >= 11 is 6.34. The molecule has 0 aliphatic carbocycles. The van der Waals surface area contributed by atoms with Gasteiger partial charge in [-0.25, -0.2) is 0 Å². The van der Waals surface area contributed by atoms with Crippen LogP contribution in [0.15, 0.2) is 12.1 Å². The van der Waals surface area contributed by atoms with E-state index in [1.54, 1.807) is 0 Å². The Hall–Kier alpha value is -1.14. The first kappa shape index (κ1) is 16.3. The first-order chi connectivity index (χ1) is 11.7. The largest absolute Gasteiger partial charge is 0.381 e. The van der Waals surface area contributed by atoms with E-state index in [2.05, 4.69) is 5.32 Å². The van der Waals surface area contributed by atoms with Gasteiger partial charge < -0.3 is 19.7 Å². The topological polar surface area (TPSA) is 50.8 Å². The monoisotopic (exact) mass is 350 g/mol. The van der Waals surface area contributed by atoms with Crippen molar-refractivity contribution in [1.82, 2.24) is 10.2 Å². The highest BCUT2D eigenvalue weighted by atomic mass is 35.5. The summed E-state index contributed by atoms with van der Waals surface area (Å²) in [6.07, 6.45) is 1.70. The van der Waals surface area contributed by atoms with E-state index < -0.39 is 0 Å². The Labute approximate surface area is 147 Å². The maximum absolute atomic E-state index is 12.7. The molecule has 1 N–H and O–H groups in total. The zero-order valence-electron chi connectivity index (χ0n) is 13.7. The van der Waals surface area contributed by atoms with Crippen LogP contribution in [-0.4, -0.2) is 50.3 Å². The van der Waals surface area contributed by atoms with E-state index in [9.17, 15) is 4.79 Å². The van der Waals surface area contributed by atoms with Gasteiger partial charge >= 0.3 is 0 Å². The van der Waals surface area contributed by atoms with Gasteiger partial charge in [0.05, 0.1) is 31.8 Å². The summed E-state index contributed by atoms with van der Waals surface area (Å²) < 4.78 is 11.0. The number of fused-ring (bicyclic) bond motifs is 1. The van der Waals surface area contributed by atoms with Crippen LogP contribution in [0, 0.1) is 5.92 Å². The lowest BCUT2D eigenvalue weighted by Gasteiger charge is -2.34. The quantitative estimate of drug-likeness (QED) is 0.885. The number of halogens is 1. The summed E-state index contributed by atoms with van der Waals surface area (Å²) in [5.74, 6) is 0.255. The van der Waals surface area contributed by atoms with Crippen LogP contribution < -0.4 is 5.32 Å². The summed E-state index contributed by atoms with van der Waals surface area (Å²) in [7, 11) is 0. The third kappa shape index (κ3) is 3.18. The molecule has 0 saturated carbocycles. The Bertz CT molecular complexity index is 625. The van der Waals surface area contributed by atoms with Crippen molar-refractivity contribution >= 4 is 17.5 Å². The van der Waals surface area contributed by atoms with Crippen LogP contribution in [0.25, 0.3) is 0 Å². The number of carbonyl (C=O) groups excluding carboxylic acids is 1. The van der Waals surface area contributed by atoms with E-state index in [4.69, 9.17) is 21.1 Å². The summed E-state index contributed by atoms with van der Waals surface area (Å²) in [6.45, 7) is 4.92. The van der Waals surface area contributed by atoms with Gasteiger partial charge in [0.25, 0.3) is 0 Å². The molecule has 0 bridgehead atoms. The molecule has 0 radical (unpaired) electrons. The van der Waals surface area contributed by atoms with Crippen molar-refractivity contribution in [3.63, 3.8) is 0 Å². The van der Waals surface area contributed by atoms with Crippen molar-refractivity contribution in [3.05, 3.63) is 33.8 Å². The molecule has 3 aliphatic heterocycles.